The van der Waals surface area contributed by atoms with Gasteiger partial charge in [-0.3, -0.25) is 9.59 Å². The molecule has 0 unspecified atom stereocenters. The first-order chi connectivity index (χ1) is 22.9. The van der Waals surface area contributed by atoms with Gasteiger partial charge in [0.05, 0.1) is 0 Å². The molecule has 8 nitrogen and oxygen atoms in total. The van der Waals surface area contributed by atoms with Gasteiger partial charge in [-0.15, -0.1) is 0 Å². The number of rotatable bonds is 14. The molecule has 2 amide bonds. The van der Waals surface area contributed by atoms with Crippen LogP contribution >= 0.6 is 0 Å². The Balaban J connectivity index is 1.76. The number of fused-ring (bicyclic) bond motifs is 2. The minimum atomic E-state index is -0.265. The molecular weight excluding hydrogens is 592 g/mol. The Hall–Kier alpha value is -5.24. The lowest BCUT2D eigenvalue weighted by atomic mass is 9.91. The number of phenolic OH excluding ortho intramolecular Hbond substituents is 1. The van der Waals surface area contributed by atoms with Gasteiger partial charge in [-0.2, -0.15) is 0 Å². The van der Waals surface area contributed by atoms with Gasteiger partial charge in [0.15, 0.2) is 36.2 Å². The molecule has 0 saturated heterocycles. The summed E-state index contributed by atoms with van der Waals surface area (Å²) < 4.78 is 19.2. The number of likely N-dealkylation sites (N-methyl/N-ethyl adjacent to an activating group) is 2. The van der Waals surface area contributed by atoms with Gasteiger partial charge < -0.3 is 29.1 Å². The summed E-state index contributed by atoms with van der Waals surface area (Å²) in [6, 6.07) is 28.8. The zero-order valence-corrected chi connectivity index (χ0v) is 27.5. The smallest absolute Gasteiger partial charge is 0.260 e. The lowest BCUT2D eigenvalue weighted by Gasteiger charge is -2.24. The lowest BCUT2D eigenvalue weighted by molar-refractivity contribution is -0.133. The van der Waals surface area contributed by atoms with Crippen LogP contribution in [0.25, 0.3) is 32.7 Å². The summed E-state index contributed by atoms with van der Waals surface area (Å²) in [5, 5.41) is 14.7. The molecule has 0 bridgehead atoms. The van der Waals surface area contributed by atoms with Crippen LogP contribution in [0.2, 0.25) is 0 Å². The minimum absolute atomic E-state index is 0.115. The van der Waals surface area contributed by atoms with Gasteiger partial charge in [0.25, 0.3) is 11.8 Å². The van der Waals surface area contributed by atoms with Gasteiger partial charge in [-0.1, -0.05) is 78.9 Å². The van der Waals surface area contributed by atoms with Crippen LogP contribution in [0.5, 0.6) is 23.0 Å². The molecule has 244 valence electrons. The van der Waals surface area contributed by atoms with Crippen LogP contribution in [0, 0.1) is 0 Å². The van der Waals surface area contributed by atoms with Crippen molar-refractivity contribution in [2.75, 3.05) is 39.4 Å². The maximum atomic E-state index is 13.3. The van der Waals surface area contributed by atoms with E-state index in [-0.39, 0.29) is 43.1 Å². The predicted molar refractivity (Wildman–Crippen MR) is 186 cm³/mol. The highest BCUT2D eigenvalue weighted by Crippen LogP contribution is 2.52. The number of amides is 2. The fraction of sp³-hybridized carbons (Fsp3) is 0.282. The summed E-state index contributed by atoms with van der Waals surface area (Å²) in [5.41, 5.74) is 2.10. The molecule has 5 aromatic rings. The van der Waals surface area contributed by atoms with E-state index in [4.69, 9.17) is 14.2 Å². The average molecular weight is 635 g/mol. The first-order valence-electron chi connectivity index (χ1n) is 16.2. The molecule has 0 spiro atoms. The number of hydrogen-bond acceptors (Lipinski definition) is 6. The third-order valence-electron chi connectivity index (χ3n) is 8.35. The molecule has 0 fully saturated rings. The molecule has 0 aliphatic rings. The molecular formula is C39H42N2O6. The van der Waals surface area contributed by atoms with Crippen molar-refractivity contribution in [2.24, 2.45) is 0 Å². The van der Waals surface area contributed by atoms with Crippen molar-refractivity contribution < 1.29 is 28.9 Å². The van der Waals surface area contributed by atoms with E-state index in [9.17, 15) is 14.7 Å². The summed E-state index contributed by atoms with van der Waals surface area (Å²) in [6.45, 7) is 9.65. The van der Waals surface area contributed by atoms with Crippen molar-refractivity contribution in [1.82, 2.24) is 9.80 Å². The molecule has 0 radical (unpaired) electrons. The summed E-state index contributed by atoms with van der Waals surface area (Å²) in [7, 11) is 0. The van der Waals surface area contributed by atoms with Gasteiger partial charge in [-0.05, 0) is 66.9 Å². The summed E-state index contributed by atoms with van der Waals surface area (Å²) >= 11 is 0. The Morgan fingerprint density at radius 3 is 1.62 bits per heavy atom. The van der Waals surface area contributed by atoms with Crippen molar-refractivity contribution in [3.8, 4) is 34.1 Å². The van der Waals surface area contributed by atoms with E-state index in [2.05, 4.69) is 0 Å². The van der Waals surface area contributed by atoms with Gasteiger partial charge >= 0.3 is 0 Å². The van der Waals surface area contributed by atoms with Crippen LogP contribution < -0.4 is 14.2 Å². The van der Waals surface area contributed by atoms with Crippen molar-refractivity contribution in [2.45, 2.75) is 34.3 Å². The first-order valence-corrected chi connectivity index (χ1v) is 16.2. The van der Waals surface area contributed by atoms with Crippen LogP contribution in [-0.2, 0) is 16.2 Å². The zero-order valence-electron chi connectivity index (χ0n) is 27.5. The van der Waals surface area contributed by atoms with Crippen LogP contribution in [0.3, 0.4) is 0 Å². The third-order valence-corrected chi connectivity index (χ3v) is 8.35. The number of benzene rings is 5. The molecule has 0 aliphatic carbocycles. The molecule has 0 saturated carbocycles. The van der Waals surface area contributed by atoms with Gasteiger partial charge in [0.2, 0.25) is 0 Å². The standard InChI is InChI=1S/C39H42N2O6/c1-5-40(6-2)34(43)25-46-38-32(42)22-28-18-12-14-20-30(28)36(38)37-31-21-15-13-19-29(31)23-33(45-24-27-16-10-9-11-17-27)39(37)47-26-35(44)41(7-3)8-4/h9-23,42H,5-8,24-26H2,1-4H3. The van der Waals surface area contributed by atoms with E-state index in [1.165, 1.54) is 0 Å². The van der Waals surface area contributed by atoms with Crippen LogP contribution in [0.1, 0.15) is 33.3 Å². The number of nitrogens with zero attached hydrogens (tertiary/aromatic N) is 2. The second-order valence-corrected chi connectivity index (χ2v) is 11.1. The van der Waals surface area contributed by atoms with Gasteiger partial charge in [0.1, 0.15) is 6.61 Å². The first kappa shape index (κ1) is 33.1. The SMILES string of the molecule is CCN(CC)C(=O)COc1c(O)cc2ccccc2c1-c1c(OCC(=O)N(CC)CC)c(OCc2ccccc2)cc2ccccc12. The maximum Gasteiger partial charge on any atom is 0.260 e. The Morgan fingerprint density at radius 1 is 0.596 bits per heavy atom. The molecule has 0 atom stereocenters. The quantitative estimate of drug-likeness (QED) is 0.137. The van der Waals surface area contributed by atoms with Gasteiger partial charge in [-0.25, -0.2) is 0 Å². The minimum Gasteiger partial charge on any atom is -0.504 e. The monoisotopic (exact) mass is 634 g/mol. The van der Waals surface area contributed by atoms with Crippen molar-refractivity contribution in [3.63, 3.8) is 0 Å². The summed E-state index contributed by atoms with van der Waals surface area (Å²) in [5.74, 6) is 0.457. The summed E-state index contributed by atoms with van der Waals surface area (Å²) in [4.78, 5) is 29.7. The topological polar surface area (TPSA) is 88.5 Å². The lowest BCUT2D eigenvalue weighted by Crippen LogP contribution is -2.34. The number of phenols is 1. The zero-order chi connectivity index (χ0) is 33.3. The fourth-order valence-electron chi connectivity index (χ4n) is 5.85. The second-order valence-electron chi connectivity index (χ2n) is 11.1. The van der Waals surface area contributed by atoms with Crippen molar-refractivity contribution >= 4 is 33.4 Å². The molecule has 0 aliphatic heterocycles. The van der Waals surface area contributed by atoms with E-state index in [0.29, 0.717) is 48.8 Å². The maximum absolute atomic E-state index is 13.3. The Bertz CT molecular complexity index is 1850. The number of ether oxygens (including phenoxy) is 3. The Labute approximate surface area is 276 Å². The molecule has 0 aromatic heterocycles. The van der Waals surface area contributed by atoms with E-state index < -0.39 is 0 Å². The average Bonchev–Trinajstić information content (AvgIpc) is 3.10. The molecule has 5 aromatic carbocycles. The molecule has 47 heavy (non-hydrogen) atoms. The highest BCUT2D eigenvalue weighted by atomic mass is 16.5. The van der Waals surface area contributed by atoms with Crippen molar-refractivity contribution in [1.29, 1.82) is 0 Å². The second kappa shape index (κ2) is 15.4. The predicted octanol–water partition coefficient (Wildman–Crippen LogP) is 7.44. The highest BCUT2D eigenvalue weighted by Gasteiger charge is 2.27. The van der Waals surface area contributed by atoms with E-state index in [1.807, 2.05) is 113 Å². The number of aromatic hydroxyl groups is 1. The Morgan fingerprint density at radius 2 is 1.06 bits per heavy atom. The van der Waals surface area contributed by atoms with E-state index in [0.717, 1.165) is 27.1 Å². The van der Waals surface area contributed by atoms with Gasteiger partial charge in [0, 0.05) is 37.3 Å². The highest BCUT2D eigenvalue weighted by molar-refractivity contribution is 6.11. The van der Waals surface area contributed by atoms with Crippen LogP contribution in [-0.4, -0.2) is 66.1 Å². The largest absolute Gasteiger partial charge is 0.504 e. The fourth-order valence-corrected chi connectivity index (χ4v) is 5.85. The molecule has 1 N–H and O–H groups in total. The van der Waals surface area contributed by atoms with Crippen LogP contribution in [0.15, 0.2) is 91.0 Å². The van der Waals surface area contributed by atoms with E-state index >= 15 is 0 Å². The van der Waals surface area contributed by atoms with E-state index in [1.54, 1.807) is 15.9 Å². The Kier molecular flexibility index (Phi) is 10.8. The normalized spacial score (nSPS) is 11.0. The van der Waals surface area contributed by atoms with Crippen molar-refractivity contribution in [3.05, 3.63) is 96.6 Å². The van der Waals surface area contributed by atoms with Crippen LogP contribution in [0.4, 0.5) is 0 Å². The molecule has 5 rings (SSSR count). The molecule has 8 heteroatoms. The third kappa shape index (κ3) is 7.27. The number of hydrogen-bond donors (Lipinski definition) is 1. The molecule has 0 heterocycles. The number of carbonyl (C=O) groups is 2. The number of carbonyl (C=O) groups excluding carboxylic acids is 2. The summed E-state index contributed by atoms with van der Waals surface area (Å²) in [6.07, 6.45) is 0.